The van der Waals surface area contributed by atoms with E-state index in [9.17, 15) is 0 Å². The van der Waals surface area contributed by atoms with Crippen molar-refractivity contribution in [2.45, 2.75) is 72.4 Å². The van der Waals surface area contributed by atoms with Gasteiger partial charge in [-0.1, -0.05) is 73.8 Å². The Morgan fingerprint density at radius 3 is 1.39 bits per heavy atom. The predicted octanol–water partition coefficient (Wildman–Crippen LogP) is 7.84. The number of hydrogen-bond donors (Lipinski definition) is 0. The molecule has 0 aromatic heterocycles. The van der Waals surface area contributed by atoms with Crippen molar-refractivity contribution in [2.24, 2.45) is 70.0 Å². The van der Waals surface area contributed by atoms with Crippen molar-refractivity contribution in [3.63, 3.8) is 0 Å². The molecule has 38 heavy (non-hydrogen) atoms. The highest BCUT2D eigenvalue weighted by Crippen LogP contribution is 2.88. The van der Waals surface area contributed by atoms with Gasteiger partial charge in [0.1, 0.15) is 10.9 Å². The van der Waals surface area contributed by atoms with Crippen LogP contribution in [-0.2, 0) is 9.47 Å². The monoisotopic (exact) mass is 542 g/mol. The van der Waals surface area contributed by atoms with E-state index in [0.717, 1.165) is 59.2 Å². The lowest BCUT2D eigenvalue weighted by Gasteiger charge is -2.53. The van der Waals surface area contributed by atoms with Crippen molar-refractivity contribution < 1.29 is 9.47 Å². The molecule has 6 saturated carbocycles. The molecule has 0 unspecified atom stereocenters. The molecule has 0 spiro atoms. The quantitative estimate of drug-likeness (QED) is 0.392. The lowest BCUT2D eigenvalue weighted by Crippen LogP contribution is -2.54. The number of ether oxygens (including phenoxy) is 2. The first-order valence-corrected chi connectivity index (χ1v) is 17.1. The number of rotatable bonds is 4. The van der Waals surface area contributed by atoms with Crippen LogP contribution in [0.3, 0.4) is 0 Å². The van der Waals surface area contributed by atoms with Crippen LogP contribution in [-0.4, -0.2) is 23.1 Å². The number of fused-ring (bicyclic) bond motifs is 4. The van der Waals surface area contributed by atoms with Gasteiger partial charge in [0.25, 0.3) is 0 Å². The standard InChI is InChI=1S/C34H38O2S2/c1-33-27-19-13-15-22-24(19)30-25(27)26-28(34(30,2)32(36-22)38-18-11-7-4-8-12-18)20-14-16-21(23(20)29(26)33)35-31(33)37-17-9-5-3-6-10-17/h3-12,19-32H,13-16H2,1-2H3/t19-,20-,21+,22+,23-,24+,25+,26-,27-,28-,29-,30-,31-,32-,33+,34+/m1/s1. The number of benzene rings is 2. The van der Waals surface area contributed by atoms with Crippen molar-refractivity contribution in [1.29, 1.82) is 0 Å². The van der Waals surface area contributed by atoms with E-state index in [-0.39, 0.29) is 10.8 Å². The van der Waals surface area contributed by atoms with Gasteiger partial charge in [0, 0.05) is 20.6 Å². The molecule has 2 aliphatic heterocycles. The van der Waals surface area contributed by atoms with Gasteiger partial charge in [-0.3, -0.25) is 0 Å². The molecular formula is C34H38O2S2. The van der Waals surface area contributed by atoms with Crippen molar-refractivity contribution in [2.75, 3.05) is 0 Å². The molecule has 0 amide bonds. The molecule has 8 fully saturated rings. The Morgan fingerprint density at radius 2 is 0.974 bits per heavy atom. The molecule has 2 saturated heterocycles. The summed E-state index contributed by atoms with van der Waals surface area (Å²) in [5.41, 5.74) is 1.17. The third kappa shape index (κ3) is 2.44. The second-order valence-corrected chi connectivity index (χ2v) is 16.8. The fourth-order valence-corrected chi connectivity index (χ4v) is 16.0. The van der Waals surface area contributed by atoms with Gasteiger partial charge in [-0.15, -0.1) is 0 Å². The van der Waals surface area contributed by atoms with Crippen LogP contribution in [0.5, 0.6) is 0 Å². The zero-order chi connectivity index (χ0) is 25.0. The van der Waals surface area contributed by atoms with Crippen LogP contribution in [0.15, 0.2) is 70.5 Å². The minimum atomic E-state index is 0.286. The van der Waals surface area contributed by atoms with E-state index < -0.39 is 0 Å². The summed E-state index contributed by atoms with van der Waals surface area (Å²) < 4.78 is 14.6. The summed E-state index contributed by atoms with van der Waals surface area (Å²) in [6.45, 7) is 5.46. The van der Waals surface area contributed by atoms with Crippen molar-refractivity contribution in [3.8, 4) is 0 Å². The SMILES string of the molecule is C[C@]12[C@H]3[C@@H]4[C@@H]5[C@H]6[C@H]7[C@@H](CC[C@@H]7O[C@H](Sc7ccccc7)[C@@]6(C)[C@@H]4[C@@H]4CC[C@H](O[C@@H]1Sc1ccccc1)[C@@H]43)[C@H]52. The van der Waals surface area contributed by atoms with E-state index in [1.54, 1.807) is 0 Å². The normalized spacial score (nSPS) is 57.5. The Labute approximate surface area is 235 Å². The molecular weight excluding hydrogens is 505 g/mol. The topological polar surface area (TPSA) is 18.5 Å². The van der Waals surface area contributed by atoms with Gasteiger partial charge in [-0.2, -0.15) is 0 Å². The second-order valence-electron chi connectivity index (χ2n) is 14.5. The van der Waals surface area contributed by atoms with E-state index in [4.69, 9.17) is 9.47 Å². The van der Waals surface area contributed by atoms with E-state index in [0.29, 0.717) is 23.1 Å². The molecule has 16 atom stereocenters. The van der Waals surface area contributed by atoms with E-state index >= 15 is 0 Å². The lowest BCUT2D eigenvalue weighted by atomic mass is 9.61. The highest BCUT2D eigenvalue weighted by Gasteiger charge is 2.87. The Morgan fingerprint density at radius 1 is 0.553 bits per heavy atom. The maximum absolute atomic E-state index is 7.31. The summed E-state index contributed by atoms with van der Waals surface area (Å²) in [4.78, 5) is 2.79. The van der Waals surface area contributed by atoms with Crippen LogP contribution < -0.4 is 0 Å². The molecule has 10 rings (SSSR count). The van der Waals surface area contributed by atoms with E-state index in [1.165, 1.54) is 35.5 Å². The van der Waals surface area contributed by atoms with Gasteiger partial charge in [0.05, 0.1) is 12.2 Å². The summed E-state index contributed by atoms with van der Waals surface area (Å²) in [5, 5.41) is 0. The first kappa shape index (κ1) is 22.7. The third-order valence-electron chi connectivity index (χ3n) is 13.7. The minimum absolute atomic E-state index is 0.286. The van der Waals surface area contributed by atoms with Crippen LogP contribution in [0.4, 0.5) is 0 Å². The van der Waals surface area contributed by atoms with E-state index in [1.807, 2.05) is 0 Å². The summed E-state index contributed by atoms with van der Waals surface area (Å²) in [5.74, 6) is 8.36. The third-order valence-corrected chi connectivity index (χ3v) is 16.5. The summed E-state index contributed by atoms with van der Waals surface area (Å²) in [7, 11) is 0. The van der Waals surface area contributed by atoms with Crippen LogP contribution >= 0.6 is 23.5 Å². The Hall–Kier alpha value is -0.940. The average molecular weight is 543 g/mol. The number of hydrogen-bond acceptors (Lipinski definition) is 4. The summed E-state index contributed by atoms with van der Waals surface area (Å²) in [6.07, 6.45) is 6.27. The Kier molecular flexibility index (Phi) is 4.46. The first-order chi connectivity index (χ1) is 18.6. The van der Waals surface area contributed by atoms with Crippen LogP contribution in [0.2, 0.25) is 0 Å². The molecule has 2 heterocycles. The molecule has 4 heteroatoms. The Bertz CT molecular complexity index is 1190. The molecule has 0 bridgehead atoms. The molecule has 6 aliphatic carbocycles. The Balaban J connectivity index is 1.13. The van der Waals surface area contributed by atoms with Crippen LogP contribution in [0.25, 0.3) is 0 Å². The van der Waals surface area contributed by atoms with Crippen molar-refractivity contribution in [1.82, 2.24) is 0 Å². The molecule has 0 N–H and O–H groups in total. The van der Waals surface area contributed by atoms with Gasteiger partial charge >= 0.3 is 0 Å². The van der Waals surface area contributed by atoms with Crippen molar-refractivity contribution in [3.05, 3.63) is 60.7 Å². The largest absolute Gasteiger partial charge is 0.363 e. The molecule has 0 radical (unpaired) electrons. The summed E-state index contributed by atoms with van der Waals surface area (Å²) >= 11 is 4.14. The zero-order valence-electron chi connectivity index (χ0n) is 22.3. The van der Waals surface area contributed by atoms with Gasteiger partial charge in [0.15, 0.2) is 0 Å². The van der Waals surface area contributed by atoms with Crippen LogP contribution in [0, 0.1) is 70.0 Å². The van der Waals surface area contributed by atoms with Crippen LogP contribution in [0.1, 0.15) is 39.5 Å². The molecule has 8 aliphatic rings. The molecule has 2 nitrogen and oxygen atoms in total. The fourth-order valence-electron chi connectivity index (χ4n) is 13.3. The maximum atomic E-state index is 7.31. The molecule has 198 valence electrons. The fraction of sp³-hybridized carbons (Fsp3) is 0.647. The van der Waals surface area contributed by atoms with Gasteiger partial charge in [-0.25, -0.2) is 0 Å². The lowest BCUT2D eigenvalue weighted by molar-refractivity contribution is -0.160. The zero-order valence-corrected chi connectivity index (χ0v) is 24.0. The van der Waals surface area contributed by atoms with Gasteiger partial charge in [0.2, 0.25) is 0 Å². The maximum Gasteiger partial charge on any atom is 0.114 e. The molecule has 2 aromatic carbocycles. The molecule has 2 aromatic rings. The highest BCUT2D eigenvalue weighted by molar-refractivity contribution is 8.00. The smallest absolute Gasteiger partial charge is 0.114 e. The highest BCUT2D eigenvalue weighted by atomic mass is 32.2. The summed E-state index contributed by atoms with van der Waals surface area (Å²) in [6, 6.07) is 22.4. The number of thioether (sulfide) groups is 2. The van der Waals surface area contributed by atoms with Gasteiger partial charge in [-0.05, 0) is 109 Å². The van der Waals surface area contributed by atoms with E-state index in [2.05, 4.69) is 98.0 Å². The predicted molar refractivity (Wildman–Crippen MR) is 152 cm³/mol. The minimum Gasteiger partial charge on any atom is -0.363 e. The van der Waals surface area contributed by atoms with Gasteiger partial charge < -0.3 is 9.47 Å². The second kappa shape index (κ2) is 7.46. The van der Waals surface area contributed by atoms with Crippen molar-refractivity contribution >= 4 is 23.5 Å². The first-order valence-electron chi connectivity index (χ1n) is 15.3. The average Bonchev–Trinajstić information content (AvgIpc) is 3.73.